The maximum atomic E-state index is 11.5. The molecular weight excluding hydrogens is 402 g/mol. The topological polar surface area (TPSA) is 92.9 Å². The number of anilines is 1. The number of imidazole rings is 1. The molecule has 0 saturated heterocycles. The van der Waals surface area contributed by atoms with E-state index in [0.29, 0.717) is 11.2 Å². The van der Waals surface area contributed by atoms with Crippen LogP contribution in [0.15, 0.2) is 104 Å². The lowest BCUT2D eigenvalue weighted by Gasteiger charge is -2.38. The van der Waals surface area contributed by atoms with Gasteiger partial charge >= 0.3 is 6.09 Å². The van der Waals surface area contributed by atoms with Gasteiger partial charge in [0.05, 0.1) is 6.33 Å². The maximum Gasteiger partial charge on any atom is 0.410 e. The monoisotopic (exact) mass is 421 g/mol. The SMILES string of the molecule is O=C(O)Nc1ncnc2ncn(C(c3ccccc3)(c3ccccc3)c3ccccc3)c12. The van der Waals surface area contributed by atoms with Crippen molar-refractivity contribution >= 4 is 23.1 Å². The van der Waals surface area contributed by atoms with Gasteiger partial charge in [-0.1, -0.05) is 91.0 Å². The zero-order valence-corrected chi connectivity index (χ0v) is 17.0. The summed E-state index contributed by atoms with van der Waals surface area (Å²) in [5.74, 6) is 0.173. The van der Waals surface area contributed by atoms with E-state index in [2.05, 4.69) is 56.7 Å². The van der Waals surface area contributed by atoms with E-state index in [4.69, 9.17) is 0 Å². The Morgan fingerprint density at radius 2 is 1.25 bits per heavy atom. The van der Waals surface area contributed by atoms with E-state index in [0.717, 1.165) is 16.7 Å². The molecule has 0 aliphatic rings. The lowest BCUT2D eigenvalue weighted by Crippen LogP contribution is -2.37. The highest BCUT2D eigenvalue weighted by Gasteiger charge is 2.40. The van der Waals surface area contributed by atoms with Crippen molar-refractivity contribution < 1.29 is 9.90 Å². The van der Waals surface area contributed by atoms with Crippen molar-refractivity contribution in [2.24, 2.45) is 0 Å². The molecule has 0 bridgehead atoms. The van der Waals surface area contributed by atoms with Crippen LogP contribution in [-0.4, -0.2) is 30.7 Å². The zero-order chi connectivity index (χ0) is 22.0. The van der Waals surface area contributed by atoms with Crippen molar-refractivity contribution in [3.63, 3.8) is 0 Å². The first kappa shape index (κ1) is 19.4. The molecule has 156 valence electrons. The molecule has 0 fully saturated rings. The van der Waals surface area contributed by atoms with Crippen molar-refractivity contribution in [2.45, 2.75) is 5.54 Å². The van der Waals surface area contributed by atoms with E-state index in [1.54, 1.807) is 6.33 Å². The first-order valence-corrected chi connectivity index (χ1v) is 10.1. The van der Waals surface area contributed by atoms with Crippen LogP contribution < -0.4 is 5.32 Å². The van der Waals surface area contributed by atoms with Crippen LogP contribution in [0.25, 0.3) is 11.2 Å². The number of hydrogen-bond donors (Lipinski definition) is 2. The van der Waals surface area contributed by atoms with E-state index in [1.807, 2.05) is 59.2 Å². The van der Waals surface area contributed by atoms with Gasteiger partial charge in [0.2, 0.25) is 0 Å². The Labute approximate surface area is 184 Å². The number of aromatic nitrogens is 4. The first-order chi connectivity index (χ1) is 15.7. The van der Waals surface area contributed by atoms with E-state index >= 15 is 0 Å². The molecule has 7 nitrogen and oxygen atoms in total. The Bertz CT molecular complexity index is 1270. The van der Waals surface area contributed by atoms with E-state index < -0.39 is 11.6 Å². The highest BCUT2D eigenvalue weighted by atomic mass is 16.4. The zero-order valence-electron chi connectivity index (χ0n) is 17.0. The minimum atomic E-state index is -1.21. The van der Waals surface area contributed by atoms with Gasteiger partial charge in [-0.05, 0) is 16.7 Å². The maximum absolute atomic E-state index is 11.5. The number of benzene rings is 3. The van der Waals surface area contributed by atoms with Gasteiger partial charge in [0.15, 0.2) is 11.5 Å². The molecule has 0 aliphatic heterocycles. The molecule has 0 spiro atoms. The van der Waals surface area contributed by atoms with Gasteiger partial charge in [-0.25, -0.2) is 19.7 Å². The molecule has 0 unspecified atom stereocenters. The molecule has 0 radical (unpaired) electrons. The number of rotatable bonds is 5. The molecule has 0 saturated carbocycles. The summed E-state index contributed by atoms with van der Waals surface area (Å²) in [4.78, 5) is 24.5. The van der Waals surface area contributed by atoms with E-state index in [1.165, 1.54) is 6.33 Å². The van der Waals surface area contributed by atoms with Crippen LogP contribution in [-0.2, 0) is 5.54 Å². The van der Waals surface area contributed by atoms with Crippen LogP contribution in [0.4, 0.5) is 10.6 Å². The third kappa shape index (κ3) is 3.07. The standard InChI is InChI=1S/C25H19N5O2/c31-24(32)29-23-21-22(26-16-27-23)28-17-30(21)25(18-10-4-1-5-11-18,19-12-6-2-7-13-19)20-14-8-3-9-15-20/h1-17H,(H,31,32)(H,26,27,29). The fraction of sp³-hybridized carbons (Fsp3) is 0.0400. The second kappa shape index (κ2) is 7.96. The number of carbonyl (C=O) groups is 1. The number of amides is 1. The lowest BCUT2D eigenvalue weighted by molar-refractivity contribution is 0.209. The minimum absolute atomic E-state index is 0.173. The van der Waals surface area contributed by atoms with E-state index in [-0.39, 0.29) is 5.82 Å². The van der Waals surface area contributed by atoms with Crippen molar-refractivity contribution in [1.82, 2.24) is 19.5 Å². The Kier molecular flexibility index (Phi) is 4.84. The summed E-state index contributed by atoms with van der Waals surface area (Å²) in [6, 6.07) is 30.2. The normalized spacial score (nSPS) is 11.4. The average Bonchev–Trinajstić information content (AvgIpc) is 3.27. The third-order valence-corrected chi connectivity index (χ3v) is 5.50. The summed E-state index contributed by atoms with van der Waals surface area (Å²) >= 11 is 0. The molecule has 3 aromatic carbocycles. The van der Waals surface area contributed by atoms with Crippen LogP contribution in [0.5, 0.6) is 0 Å². The van der Waals surface area contributed by atoms with Crippen molar-refractivity contribution in [3.8, 4) is 0 Å². The number of fused-ring (bicyclic) bond motifs is 1. The lowest BCUT2D eigenvalue weighted by atomic mass is 9.76. The molecular formula is C25H19N5O2. The highest BCUT2D eigenvalue weighted by Crippen LogP contribution is 2.43. The molecule has 5 aromatic rings. The van der Waals surface area contributed by atoms with Crippen molar-refractivity contribution in [3.05, 3.63) is 120 Å². The smallest absolute Gasteiger partial charge is 0.410 e. The minimum Gasteiger partial charge on any atom is -0.465 e. The summed E-state index contributed by atoms with van der Waals surface area (Å²) in [5.41, 5.74) is 3.01. The quantitative estimate of drug-likeness (QED) is 0.399. The highest BCUT2D eigenvalue weighted by molar-refractivity contribution is 5.93. The molecule has 2 N–H and O–H groups in total. The van der Waals surface area contributed by atoms with Crippen LogP contribution >= 0.6 is 0 Å². The Morgan fingerprint density at radius 3 is 1.72 bits per heavy atom. The van der Waals surface area contributed by atoms with Gasteiger partial charge in [-0.15, -0.1) is 0 Å². The summed E-state index contributed by atoms with van der Waals surface area (Å²) < 4.78 is 1.95. The molecule has 32 heavy (non-hydrogen) atoms. The van der Waals surface area contributed by atoms with Crippen LogP contribution in [0, 0.1) is 0 Å². The number of nitrogens with one attached hydrogen (secondary N) is 1. The Hall–Kier alpha value is -4.52. The van der Waals surface area contributed by atoms with Gasteiger partial charge in [-0.3, -0.25) is 5.32 Å². The third-order valence-electron chi connectivity index (χ3n) is 5.50. The molecule has 5 rings (SSSR count). The summed E-state index contributed by atoms with van der Waals surface area (Å²) in [6.45, 7) is 0. The van der Waals surface area contributed by atoms with Gasteiger partial charge < -0.3 is 9.67 Å². The van der Waals surface area contributed by atoms with Gasteiger partial charge in [-0.2, -0.15) is 0 Å². The number of carboxylic acid groups (broad SMARTS) is 1. The first-order valence-electron chi connectivity index (χ1n) is 10.1. The fourth-order valence-electron chi connectivity index (χ4n) is 4.26. The van der Waals surface area contributed by atoms with Crippen LogP contribution in [0.2, 0.25) is 0 Å². The molecule has 7 heteroatoms. The molecule has 1 amide bonds. The van der Waals surface area contributed by atoms with Gasteiger partial charge in [0.25, 0.3) is 0 Å². The van der Waals surface area contributed by atoms with Crippen molar-refractivity contribution in [2.75, 3.05) is 5.32 Å². The Morgan fingerprint density at radius 1 is 0.750 bits per heavy atom. The largest absolute Gasteiger partial charge is 0.465 e. The van der Waals surface area contributed by atoms with Crippen LogP contribution in [0.3, 0.4) is 0 Å². The number of nitrogens with zero attached hydrogens (tertiary/aromatic N) is 4. The Balaban J connectivity index is 1.96. The van der Waals surface area contributed by atoms with Crippen LogP contribution in [0.1, 0.15) is 16.7 Å². The van der Waals surface area contributed by atoms with E-state index in [9.17, 15) is 9.90 Å². The summed E-state index contributed by atoms with van der Waals surface area (Å²) in [7, 11) is 0. The molecule has 0 atom stereocenters. The van der Waals surface area contributed by atoms with Gasteiger partial charge in [0, 0.05) is 0 Å². The molecule has 2 heterocycles. The second-order valence-corrected chi connectivity index (χ2v) is 7.25. The van der Waals surface area contributed by atoms with Crippen molar-refractivity contribution in [1.29, 1.82) is 0 Å². The second-order valence-electron chi connectivity index (χ2n) is 7.25. The average molecular weight is 421 g/mol. The molecule has 0 aliphatic carbocycles. The summed E-state index contributed by atoms with van der Waals surface area (Å²) in [6.07, 6.45) is 1.79. The predicted molar refractivity (Wildman–Crippen MR) is 122 cm³/mol. The summed E-state index contributed by atoms with van der Waals surface area (Å²) in [5, 5.41) is 11.8. The fourth-order valence-corrected chi connectivity index (χ4v) is 4.26. The molecule has 2 aromatic heterocycles. The van der Waals surface area contributed by atoms with Gasteiger partial charge in [0.1, 0.15) is 17.4 Å². The number of hydrogen-bond acceptors (Lipinski definition) is 4. The predicted octanol–water partition coefficient (Wildman–Crippen LogP) is 4.76.